The molecule has 6 unspecified atom stereocenters. The maximum atomic E-state index is 12.3. The molecule has 0 aromatic heterocycles. The second-order valence-corrected chi connectivity index (χ2v) is 15.9. The maximum absolute atomic E-state index is 12.3. The van der Waals surface area contributed by atoms with E-state index in [1.54, 1.807) is 12.1 Å². The van der Waals surface area contributed by atoms with Crippen molar-refractivity contribution in [2.45, 2.75) is 89.3 Å². The third kappa shape index (κ3) is 5.16. The van der Waals surface area contributed by atoms with Gasteiger partial charge in [-0.3, -0.25) is 0 Å². The van der Waals surface area contributed by atoms with E-state index in [0.29, 0.717) is 52.6 Å². The number of phenolic OH excluding ortho intramolecular Hbond substituents is 1. The molecule has 0 spiro atoms. The number of carbonyl (C=O) groups is 1. The molecule has 3 N–H and O–H groups in total. The van der Waals surface area contributed by atoms with Crippen molar-refractivity contribution in [3.63, 3.8) is 0 Å². The number of esters is 1. The summed E-state index contributed by atoms with van der Waals surface area (Å²) < 4.78 is 5.62. The lowest BCUT2D eigenvalue weighted by Gasteiger charge is -2.50. The van der Waals surface area contributed by atoms with Crippen molar-refractivity contribution in [3.05, 3.63) is 119 Å². The van der Waals surface area contributed by atoms with Crippen LogP contribution in [0, 0.1) is 34.5 Å². The Labute approximate surface area is 284 Å². The molecule has 2 fully saturated rings. The Balaban J connectivity index is 0.000000148. The first-order valence-corrected chi connectivity index (χ1v) is 18.1. The SMILES string of the molecule is C[C@]12CCC3c4ccc(O)cc4CCC3C1C=C[C@@H]2O.C[C@]12CCC3c4ccc(OC(=O)c5ccccc5)cc4CCC3C1C=C[C@@H]2O. The van der Waals surface area contributed by atoms with Gasteiger partial charge in [0.2, 0.25) is 0 Å². The fraction of sp³-hybridized carbons (Fsp3) is 0.465. The first-order chi connectivity index (χ1) is 23.2. The molecule has 2 saturated carbocycles. The molecule has 0 aliphatic heterocycles. The second-order valence-electron chi connectivity index (χ2n) is 15.9. The van der Waals surface area contributed by atoms with Crippen LogP contribution in [0.5, 0.6) is 11.5 Å². The monoisotopic (exact) mass is 644 g/mol. The van der Waals surface area contributed by atoms with Crippen molar-refractivity contribution in [3.8, 4) is 11.5 Å². The highest BCUT2D eigenvalue weighted by atomic mass is 16.5. The summed E-state index contributed by atoms with van der Waals surface area (Å²) in [5.74, 6) is 4.07. The topological polar surface area (TPSA) is 87.0 Å². The van der Waals surface area contributed by atoms with Crippen molar-refractivity contribution >= 4 is 5.97 Å². The summed E-state index contributed by atoms with van der Waals surface area (Å²) >= 11 is 0. The molecule has 6 aliphatic carbocycles. The Bertz CT molecular complexity index is 1760. The van der Waals surface area contributed by atoms with Gasteiger partial charge in [0.05, 0.1) is 17.8 Å². The quantitative estimate of drug-likeness (QED) is 0.149. The number of aromatic hydroxyl groups is 1. The summed E-state index contributed by atoms with van der Waals surface area (Å²) in [7, 11) is 0. The number of benzene rings is 3. The van der Waals surface area contributed by atoms with Crippen molar-refractivity contribution in [2.24, 2.45) is 34.5 Å². The minimum atomic E-state index is -0.312. The third-order valence-corrected chi connectivity index (χ3v) is 13.6. The van der Waals surface area contributed by atoms with Gasteiger partial charge in [0.1, 0.15) is 11.5 Å². The number of ether oxygens (including phenoxy) is 1. The van der Waals surface area contributed by atoms with Gasteiger partial charge in [-0.2, -0.15) is 0 Å². The molecular formula is C43H48O5. The van der Waals surface area contributed by atoms with Crippen LogP contribution >= 0.6 is 0 Å². The highest BCUT2D eigenvalue weighted by molar-refractivity contribution is 5.91. The van der Waals surface area contributed by atoms with Crippen LogP contribution in [0.4, 0.5) is 0 Å². The zero-order chi connectivity index (χ0) is 33.2. The number of aryl methyl sites for hydroxylation is 2. The van der Waals surface area contributed by atoms with Gasteiger partial charge in [0.15, 0.2) is 0 Å². The summed E-state index contributed by atoms with van der Waals surface area (Å²) in [6, 6.07) is 21.2. The maximum Gasteiger partial charge on any atom is 0.343 e. The van der Waals surface area contributed by atoms with Crippen LogP contribution < -0.4 is 4.74 Å². The van der Waals surface area contributed by atoms with E-state index >= 15 is 0 Å². The van der Waals surface area contributed by atoms with Gasteiger partial charge in [-0.1, -0.05) is 68.5 Å². The highest BCUT2D eigenvalue weighted by Crippen LogP contribution is 2.60. The Hall–Kier alpha value is -3.67. The Morgan fingerprint density at radius 1 is 0.688 bits per heavy atom. The number of hydrogen-bond donors (Lipinski definition) is 3. The Morgan fingerprint density at radius 2 is 1.23 bits per heavy atom. The molecule has 6 aliphatic rings. The molecule has 3 aromatic carbocycles. The number of phenols is 1. The average Bonchev–Trinajstić information content (AvgIpc) is 3.58. The van der Waals surface area contributed by atoms with Crippen LogP contribution in [0.1, 0.15) is 96.8 Å². The first-order valence-electron chi connectivity index (χ1n) is 18.1. The predicted molar refractivity (Wildman–Crippen MR) is 187 cm³/mol. The molecule has 0 radical (unpaired) electrons. The van der Waals surface area contributed by atoms with Crippen LogP contribution in [0.15, 0.2) is 91.0 Å². The lowest BCUT2D eigenvalue weighted by Crippen LogP contribution is -2.44. The number of carbonyl (C=O) groups excluding carboxylic acids is 1. The number of rotatable bonds is 2. The number of allylic oxidation sites excluding steroid dienone is 2. The molecule has 5 nitrogen and oxygen atoms in total. The van der Waals surface area contributed by atoms with E-state index in [-0.39, 0.29) is 29.0 Å². The molecule has 10 atom stereocenters. The smallest absolute Gasteiger partial charge is 0.343 e. The Morgan fingerprint density at radius 3 is 1.81 bits per heavy atom. The van der Waals surface area contributed by atoms with Crippen LogP contribution in [0.25, 0.3) is 0 Å². The van der Waals surface area contributed by atoms with Gasteiger partial charge in [-0.15, -0.1) is 0 Å². The standard InChI is InChI=1S/C25H26O3.C18H22O2/c1-25-14-13-20-19-10-8-18(28-24(27)16-5-3-2-4-6-16)15-17(19)7-9-21(20)22(25)11-12-23(25)26;1-18-9-8-14-13-5-3-12(19)10-11(13)2-4-15(14)16(18)6-7-17(18)20/h2-6,8,10-12,15,20-23,26H,7,9,13-14H2,1H3;3,5-7,10,14-17,19-20H,2,4,8-9H2,1H3/t20?,21?,22?,23-,25-;14?,15?,16?,17-,18-/m00/s1. The third-order valence-electron chi connectivity index (χ3n) is 13.6. The zero-order valence-electron chi connectivity index (χ0n) is 28.1. The van der Waals surface area contributed by atoms with Crippen molar-refractivity contribution < 1.29 is 24.9 Å². The average molecular weight is 645 g/mol. The van der Waals surface area contributed by atoms with Crippen molar-refractivity contribution in [1.29, 1.82) is 0 Å². The van der Waals surface area contributed by atoms with Gasteiger partial charge in [0, 0.05) is 10.8 Å². The van der Waals surface area contributed by atoms with Gasteiger partial charge in [-0.25, -0.2) is 4.79 Å². The Kier molecular flexibility index (Phi) is 7.92. The highest BCUT2D eigenvalue weighted by Gasteiger charge is 2.53. The molecule has 48 heavy (non-hydrogen) atoms. The summed E-state index contributed by atoms with van der Waals surface area (Å²) in [6.07, 6.45) is 16.8. The van der Waals surface area contributed by atoms with E-state index in [0.717, 1.165) is 44.9 Å². The van der Waals surface area contributed by atoms with E-state index in [4.69, 9.17) is 4.74 Å². The summed E-state index contributed by atoms with van der Waals surface area (Å²) in [5.41, 5.74) is 6.12. The molecule has 5 heteroatoms. The molecule has 0 amide bonds. The normalized spacial score (nSPS) is 36.7. The van der Waals surface area contributed by atoms with Crippen molar-refractivity contribution in [2.75, 3.05) is 0 Å². The lowest BCUT2D eigenvalue weighted by molar-refractivity contribution is -0.0101. The summed E-state index contributed by atoms with van der Waals surface area (Å²) in [6.45, 7) is 4.51. The first kappa shape index (κ1) is 31.6. The predicted octanol–water partition coefficient (Wildman–Crippen LogP) is 8.28. The summed E-state index contributed by atoms with van der Waals surface area (Å²) in [4.78, 5) is 12.3. The molecule has 0 heterocycles. The van der Waals surface area contributed by atoms with Crippen LogP contribution in [0.2, 0.25) is 0 Å². The van der Waals surface area contributed by atoms with Crippen molar-refractivity contribution in [1.82, 2.24) is 0 Å². The second kappa shape index (κ2) is 12.0. The number of hydrogen-bond acceptors (Lipinski definition) is 5. The van der Waals surface area contributed by atoms with E-state index in [2.05, 4.69) is 44.2 Å². The molecule has 9 rings (SSSR count). The fourth-order valence-corrected chi connectivity index (χ4v) is 10.8. The minimum absolute atomic E-state index is 0.00379. The number of fused-ring (bicyclic) bond motifs is 10. The summed E-state index contributed by atoms with van der Waals surface area (Å²) in [5, 5.41) is 30.4. The van der Waals surface area contributed by atoms with Crippen LogP contribution in [-0.4, -0.2) is 33.5 Å². The van der Waals surface area contributed by atoms with E-state index in [1.165, 1.54) is 28.7 Å². The van der Waals surface area contributed by atoms with Crippen LogP contribution in [-0.2, 0) is 12.8 Å². The number of aliphatic hydroxyl groups excluding tert-OH is 2. The molecule has 0 bridgehead atoms. The van der Waals surface area contributed by atoms with E-state index in [1.807, 2.05) is 48.6 Å². The van der Waals surface area contributed by atoms with Gasteiger partial charge < -0.3 is 20.1 Å². The van der Waals surface area contributed by atoms with E-state index in [9.17, 15) is 20.1 Å². The zero-order valence-corrected chi connectivity index (χ0v) is 28.1. The number of aliphatic hydroxyl groups is 2. The molecular weight excluding hydrogens is 596 g/mol. The van der Waals surface area contributed by atoms with Gasteiger partial charge in [-0.05, 0) is 146 Å². The molecule has 3 aromatic rings. The van der Waals surface area contributed by atoms with Crippen LogP contribution in [0.3, 0.4) is 0 Å². The fourth-order valence-electron chi connectivity index (χ4n) is 10.8. The largest absolute Gasteiger partial charge is 0.508 e. The van der Waals surface area contributed by atoms with Gasteiger partial charge in [0.25, 0.3) is 0 Å². The molecule has 250 valence electrons. The minimum Gasteiger partial charge on any atom is -0.508 e. The molecule has 0 saturated heterocycles. The van der Waals surface area contributed by atoms with E-state index < -0.39 is 0 Å². The lowest BCUT2D eigenvalue weighted by atomic mass is 9.55. The van der Waals surface area contributed by atoms with Gasteiger partial charge >= 0.3 is 5.97 Å².